The van der Waals surface area contributed by atoms with Gasteiger partial charge in [-0.1, -0.05) is 25.7 Å². The van der Waals surface area contributed by atoms with Gasteiger partial charge in [0.1, 0.15) is 11.5 Å². The molecule has 0 bridgehead atoms. The second-order valence-electron chi connectivity index (χ2n) is 6.18. The molecule has 0 aromatic carbocycles. The fraction of sp³-hybridized carbons (Fsp3) is 0.688. The van der Waals surface area contributed by atoms with Crippen LogP contribution in [0.3, 0.4) is 0 Å². The number of carboxylic acids is 1. The summed E-state index contributed by atoms with van der Waals surface area (Å²) in [6.07, 6.45) is 5.97. The maximum atomic E-state index is 11.8. The van der Waals surface area contributed by atoms with Crippen molar-refractivity contribution in [1.82, 2.24) is 4.90 Å². The van der Waals surface area contributed by atoms with E-state index in [2.05, 4.69) is 4.90 Å². The van der Waals surface area contributed by atoms with E-state index in [-0.39, 0.29) is 0 Å². The van der Waals surface area contributed by atoms with E-state index in [9.17, 15) is 9.90 Å². The molecule has 20 heavy (non-hydrogen) atoms. The topological polar surface area (TPSA) is 53.7 Å². The minimum absolute atomic E-state index is 0.577. The van der Waals surface area contributed by atoms with Crippen LogP contribution in [0.5, 0.6) is 0 Å². The van der Waals surface area contributed by atoms with E-state index in [4.69, 9.17) is 4.42 Å². The first-order valence-corrected chi connectivity index (χ1v) is 7.49. The van der Waals surface area contributed by atoms with E-state index >= 15 is 0 Å². The van der Waals surface area contributed by atoms with Gasteiger partial charge in [-0.15, -0.1) is 0 Å². The first-order valence-electron chi connectivity index (χ1n) is 7.49. The molecule has 0 radical (unpaired) electrons. The summed E-state index contributed by atoms with van der Waals surface area (Å²) in [5.74, 6) is 1.16. The van der Waals surface area contributed by atoms with Crippen LogP contribution in [0.2, 0.25) is 0 Å². The number of nitrogens with zero attached hydrogens (tertiary/aromatic N) is 1. The maximum absolute atomic E-state index is 11.8. The Bertz CT molecular complexity index is 444. The van der Waals surface area contributed by atoms with Gasteiger partial charge >= 0.3 is 5.97 Å². The molecule has 1 heterocycles. The summed E-state index contributed by atoms with van der Waals surface area (Å²) in [4.78, 5) is 13.9. The summed E-state index contributed by atoms with van der Waals surface area (Å²) in [6.45, 7) is 3.19. The van der Waals surface area contributed by atoms with Crippen molar-refractivity contribution in [1.29, 1.82) is 0 Å². The van der Waals surface area contributed by atoms with Crippen LogP contribution in [0, 0.1) is 12.3 Å². The van der Waals surface area contributed by atoms with Gasteiger partial charge < -0.3 is 9.52 Å². The fourth-order valence-corrected chi connectivity index (χ4v) is 3.25. The van der Waals surface area contributed by atoms with Crippen LogP contribution in [0.15, 0.2) is 16.5 Å². The Morgan fingerprint density at radius 1 is 1.30 bits per heavy atom. The Morgan fingerprint density at radius 2 is 1.95 bits per heavy atom. The summed E-state index contributed by atoms with van der Waals surface area (Å²) in [6, 6.07) is 3.91. The SMILES string of the molecule is Cc1ccc(CN(C)CC2(C(=O)O)CCCCCC2)o1. The Balaban J connectivity index is 2.01. The third kappa shape index (κ3) is 3.63. The minimum Gasteiger partial charge on any atom is -0.481 e. The van der Waals surface area contributed by atoms with Gasteiger partial charge in [0.05, 0.1) is 12.0 Å². The van der Waals surface area contributed by atoms with E-state index in [1.165, 1.54) is 0 Å². The molecule has 1 aromatic rings. The highest BCUT2D eigenvalue weighted by atomic mass is 16.4. The molecule has 4 heteroatoms. The summed E-state index contributed by atoms with van der Waals surface area (Å²) >= 11 is 0. The number of furan rings is 1. The number of rotatable bonds is 5. The van der Waals surface area contributed by atoms with E-state index < -0.39 is 11.4 Å². The van der Waals surface area contributed by atoms with Crippen molar-refractivity contribution in [2.24, 2.45) is 5.41 Å². The van der Waals surface area contributed by atoms with Crippen LogP contribution in [-0.2, 0) is 11.3 Å². The van der Waals surface area contributed by atoms with Gasteiger partial charge in [-0.25, -0.2) is 0 Å². The lowest BCUT2D eigenvalue weighted by molar-refractivity contribution is -0.151. The molecule has 0 amide bonds. The van der Waals surface area contributed by atoms with Crippen molar-refractivity contribution >= 4 is 5.97 Å². The zero-order chi connectivity index (χ0) is 14.6. The van der Waals surface area contributed by atoms with Crippen molar-refractivity contribution in [2.75, 3.05) is 13.6 Å². The smallest absolute Gasteiger partial charge is 0.310 e. The molecule has 0 saturated heterocycles. The lowest BCUT2D eigenvalue weighted by Crippen LogP contribution is -2.41. The summed E-state index contributed by atoms with van der Waals surface area (Å²) in [7, 11) is 1.98. The van der Waals surface area contributed by atoms with Crippen LogP contribution in [0.1, 0.15) is 50.0 Å². The molecule has 112 valence electrons. The molecular weight excluding hydrogens is 254 g/mol. The monoisotopic (exact) mass is 279 g/mol. The first kappa shape index (κ1) is 15.1. The van der Waals surface area contributed by atoms with Crippen LogP contribution >= 0.6 is 0 Å². The number of aliphatic carboxylic acids is 1. The molecule has 2 rings (SSSR count). The van der Waals surface area contributed by atoms with Crippen LogP contribution in [0.25, 0.3) is 0 Å². The van der Waals surface area contributed by atoms with Crippen molar-refractivity contribution < 1.29 is 14.3 Å². The standard InChI is InChI=1S/C16H25NO3/c1-13-7-8-14(20-13)11-17(2)12-16(15(18)19)9-5-3-4-6-10-16/h7-8H,3-6,9-12H2,1-2H3,(H,18,19). The van der Waals surface area contributed by atoms with Gasteiger partial charge in [0.15, 0.2) is 0 Å². The molecule has 4 nitrogen and oxygen atoms in total. The van der Waals surface area contributed by atoms with E-state index in [0.717, 1.165) is 50.0 Å². The average Bonchev–Trinajstić information content (AvgIpc) is 2.64. The number of aryl methyl sites for hydroxylation is 1. The second-order valence-corrected chi connectivity index (χ2v) is 6.18. The number of carbonyl (C=O) groups is 1. The second kappa shape index (κ2) is 6.44. The number of carboxylic acid groups (broad SMARTS) is 1. The molecule has 1 saturated carbocycles. The molecule has 0 aliphatic heterocycles. The van der Waals surface area contributed by atoms with Gasteiger partial charge in [0, 0.05) is 6.54 Å². The van der Waals surface area contributed by atoms with Crippen LogP contribution in [0.4, 0.5) is 0 Å². The summed E-state index contributed by atoms with van der Waals surface area (Å²) < 4.78 is 5.57. The van der Waals surface area contributed by atoms with Gasteiger partial charge in [0.25, 0.3) is 0 Å². The quantitative estimate of drug-likeness (QED) is 0.839. The van der Waals surface area contributed by atoms with Crippen molar-refractivity contribution in [3.8, 4) is 0 Å². The molecular formula is C16H25NO3. The van der Waals surface area contributed by atoms with Gasteiger partial charge in [-0.3, -0.25) is 9.69 Å². The molecule has 1 aliphatic carbocycles. The molecule has 0 unspecified atom stereocenters. The highest BCUT2D eigenvalue weighted by Crippen LogP contribution is 2.36. The Morgan fingerprint density at radius 3 is 2.45 bits per heavy atom. The average molecular weight is 279 g/mol. The lowest BCUT2D eigenvalue weighted by Gasteiger charge is -2.32. The Kier molecular flexibility index (Phi) is 4.86. The fourth-order valence-electron chi connectivity index (χ4n) is 3.25. The summed E-state index contributed by atoms with van der Waals surface area (Å²) in [5.41, 5.74) is -0.577. The van der Waals surface area contributed by atoms with Crippen LogP contribution in [-0.4, -0.2) is 29.6 Å². The first-order chi connectivity index (χ1) is 9.52. The Labute approximate surface area is 120 Å². The summed E-state index contributed by atoms with van der Waals surface area (Å²) in [5, 5.41) is 9.68. The van der Waals surface area contributed by atoms with Crippen molar-refractivity contribution in [3.63, 3.8) is 0 Å². The lowest BCUT2D eigenvalue weighted by atomic mass is 9.80. The zero-order valence-corrected chi connectivity index (χ0v) is 12.5. The highest BCUT2D eigenvalue weighted by Gasteiger charge is 2.39. The number of hydrogen-bond donors (Lipinski definition) is 1. The van der Waals surface area contributed by atoms with Gasteiger partial charge in [-0.2, -0.15) is 0 Å². The molecule has 1 aliphatic rings. The van der Waals surface area contributed by atoms with Crippen molar-refractivity contribution in [2.45, 2.75) is 52.0 Å². The van der Waals surface area contributed by atoms with E-state index in [1.807, 2.05) is 26.1 Å². The molecule has 1 fully saturated rings. The minimum atomic E-state index is -0.637. The molecule has 0 atom stereocenters. The predicted molar refractivity (Wildman–Crippen MR) is 77.5 cm³/mol. The molecule has 1 aromatic heterocycles. The highest BCUT2D eigenvalue weighted by molar-refractivity contribution is 5.75. The Hall–Kier alpha value is -1.29. The van der Waals surface area contributed by atoms with Crippen molar-refractivity contribution in [3.05, 3.63) is 23.7 Å². The van der Waals surface area contributed by atoms with E-state index in [0.29, 0.717) is 13.1 Å². The van der Waals surface area contributed by atoms with E-state index in [1.54, 1.807) is 0 Å². The largest absolute Gasteiger partial charge is 0.481 e. The van der Waals surface area contributed by atoms with Gasteiger partial charge in [0.2, 0.25) is 0 Å². The van der Waals surface area contributed by atoms with Crippen LogP contribution < -0.4 is 0 Å². The van der Waals surface area contributed by atoms with Gasteiger partial charge in [-0.05, 0) is 38.9 Å². The molecule has 1 N–H and O–H groups in total. The third-order valence-corrected chi connectivity index (χ3v) is 4.31. The predicted octanol–water partition coefficient (Wildman–Crippen LogP) is 3.45. The number of hydrogen-bond acceptors (Lipinski definition) is 3. The zero-order valence-electron chi connectivity index (χ0n) is 12.5. The third-order valence-electron chi connectivity index (χ3n) is 4.31. The normalized spacial score (nSPS) is 18.9. The molecule has 0 spiro atoms. The maximum Gasteiger partial charge on any atom is 0.310 e.